The average molecular weight is 366 g/mol. The maximum Gasteiger partial charge on any atom is 0.328 e. The van der Waals surface area contributed by atoms with Gasteiger partial charge in [-0.05, 0) is 36.6 Å². The summed E-state index contributed by atoms with van der Waals surface area (Å²) < 4.78 is 15.4. The van der Waals surface area contributed by atoms with Gasteiger partial charge in [-0.25, -0.2) is 9.78 Å². The van der Waals surface area contributed by atoms with Gasteiger partial charge in [-0.15, -0.1) is 0 Å². The Balaban J connectivity index is 2.12. The molecule has 0 spiro atoms. The molecule has 0 bridgehead atoms. The third kappa shape index (κ3) is 5.20. The lowest BCUT2D eigenvalue weighted by atomic mass is 10.1. The molecule has 0 aliphatic heterocycles. The number of ether oxygens (including phenoxy) is 2. The first-order valence-corrected chi connectivity index (χ1v) is 9.24. The molecule has 1 aromatic carbocycles. The van der Waals surface area contributed by atoms with Crippen LogP contribution in [0.1, 0.15) is 22.7 Å². The molecule has 1 amide bonds. The Labute approximate surface area is 150 Å². The lowest BCUT2D eigenvalue weighted by Gasteiger charge is -2.15. The van der Waals surface area contributed by atoms with Crippen LogP contribution in [0.15, 0.2) is 22.6 Å². The Bertz CT molecular complexity index is 731. The van der Waals surface area contributed by atoms with Gasteiger partial charge < -0.3 is 19.2 Å². The van der Waals surface area contributed by atoms with Crippen molar-refractivity contribution >= 4 is 34.7 Å². The van der Waals surface area contributed by atoms with Gasteiger partial charge in [-0.1, -0.05) is 0 Å². The van der Waals surface area contributed by atoms with Gasteiger partial charge in [0, 0.05) is 19.1 Å². The van der Waals surface area contributed by atoms with E-state index >= 15 is 0 Å². The van der Waals surface area contributed by atoms with E-state index in [-0.39, 0.29) is 5.91 Å². The number of hydrogen-bond acceptors (Lipinski definition) is 7. The zero-order valence-electron chi connectivity index (χ0n) is 14.5. The molecule has 2 aromatic rings. The summed E-state index contributed by atoms with van der Waals surface area (Å²) in [5.41, 5.74) is 1.60. The van der Waals surface area contributed by atoms with Crippen LogP contribution in [0.2, 0.25) is 0 Å². The minimum absolute atomic E-state index is 0.353. The number of methoxy groups -OCH3 is 2. The largest absolute Gasteiger partial charge is 0.467 e. The molecule has 0 aliphatic carbocycles. The van der Waals surface area contributed by atoms with Crippen molar-refractivity contribution in [3.05, 3.63) is 29.7 Å². The number of oxazole rings is 1. The fourth-order valence-corrected chi connectivity index (χ4v) is 2.75. The maximum absolute atomic E-state index is 12.5. The Morgan fingerprint density at radius 1 is 1.36 bits per heavy atom. The molecule has 0 aliphatic rings. The van der Waals surface area contributed by atoms with Crippen LogP contribution in [-0.2, 0) is 20.7 Å². The van der Waals surface area contributed by atoms with Gasteiger partial charge in [0.25, 0.3) is 5.91 Å². The molecule has 1 aromatic heterocycles. The van der Waals surface area contributed by atoms with Gasteiger partial charge in [0.2, 0.25) is 0 Å². The van der Waals surface area contributed by atoms with Crippen LogP contribution in [0, 0.1) is 0 Å². The van der Waals surface area contributed by atoms with Gasteiger partial charge in [0.15, 0.2) is 11.5 Å². The molecule has 1 heterocycles. The minimum atomic E-state index is -0.673. The molecule has 1 N–H and O–H groups in total. The van der Waals surface area contributed by atoms with E-state index < -0.39 is 12.0 Å². The fraction of sp³-hybridized carbons (Fsp3) is 0.471. The van der Waals surface area contributed by atoms with Crippen LogP contribution in [-0.4, -0.2) is 55.7 Å². The van der Waals surface area contributed by atoms with Crippen molar-refractivity contribution in [3.8, 4) is 0 Å². The lowest BCUT2D eigenvalue weighted by Crippen LogP contribution is -2.41. The topological polar surface area (TPSA) is 90.7 Å². The number of esters is 1. The standard InChI is InChI=1S/C17H22N2O5S/c1-22-8-6-15-18-12-5-4-11(10-14(12)24-15)16(20)19-13(7-9-25-3)17(21)23-2/h4-5,10,13H,6-9H2,1-3H3,(H,19,20). The van der Waals surface area contributed by atoms with Crippen molar-refractivity contribution in [2.75, 3.05) is 32.8 Å². The second kappa shape index (κ2) is 9.43. The highest BCUT2D eigenvalue weighted by atomic mass is 32.2. The van der Waals surface area contributed by atoms with Crippen molar-refractivity contribution in [2.45, 2.75) is 18.9 Å². The van der Waals surface area contributed by atoms with Crippen LogP contribution >= 0.6 is 11.8 Å². The average Bonchev–Trinajstić information content (AvgIpc) is 3.04. The van der Waals surface area contributed by atoms with Gasteiger partial charge in [-0.3, -0.25) is 4.79 Å². The van der Waals surface area contributed by atoms with Gasteiger partial charge in [0.05, 0.1) is 13.7 Å². The molecule has 136 valence electrons. The smallest absolute Gasteiger partial charge is 0.328 e. The molecule has 0 fully saturated rings. The summed E-state index contributed by atoms with van der Waals surface area (Å²) in [7, 11) is 2.92. The second-order valence-corrected chi connectivity index (χ2v) is 6.35. The SMILES string of the molecule is COCCc1nc2ccc(C(=O)NC(CCSC)C(=O)OC)cc2o1. The number of amides is 1. The van der Waals surface area contributed by atoms with E-state index in [1.165, 1.54) is 7.11 Å². The number of rotatable bonds is 9. The normalized spacial score (nSPS) is 12.1. The number of aromatic nitrogens is 1. The molecule has 0 saturated carbocycles. The molecule has 0 radical (unpaired) electrons. The van der Waals surface area contributed by atoms with E-state index in [0.29, 0.717) is 42.0 Å². The predicted molar refractivity (Wildman–Crippen MR) is 95.9 cm³/mol. The highest BCUT2D eigenvalue weighted by Crippen LogP contribution is 2.18. The monoisotopic (exact) mass is 366 g/mol. The molecule has 1 unspecified atom stereocenters. The summed E-state index contributed by atoms with van der Waals surface area (Å²) in [5.74, 6) is 0.490. The predicted octanol–water partition coefficient (Wildman–Crippen LogP) is 2.04. The van der Waals surface area contributed by atoms with E-state index in [9.17, 15) is 9.59 Å². The molecule has 25 heavy (non-hydrogen) atoms. The van der Waals surface area contributed by atoms with Gasteiger partial charge >= 0.3 is 5.97 Å². The molecular formula is C17H22N2O5S. The van der Waals surface area contributed by atoms with E-state index in [0.717, 1.165) is 5.75 Å². The Kier molecular flexibility index (Phi) is 7.27. The number of nitrogens with one attached hydrogen (secondary N) is 1. The molecular weight excluding hydrogens is 344 g/mol. The van der Waals surface area contributed by atoms with Crippen LogP contribution in [0.5, 0.6) is 0 Å². The third-order valence-corrected chi connectivity index (χ3v) is 4.26. The summed E-state index contributed by atoms with van der Waals surface area (Å²) in [6.45, 7) is 0.510. The van der Waals surface area contributed by atoms with Crippen LogP contribution in [0.25, 0.3) is 11.1 Å². The minimum Gasteiger partial charge on any atom is -0.467 e. The number of thioether (sulfide) groups is 1. The summed E-state index contributed by atoms with van der Waals surface area (Å²) in [5, 5.41) is 2.72. The maximum atomic E-state index is 12.5. The van der Waals surface area contributed by atoms with Crippen molar-refractivity contribution in [3.63, 3.8) is 0 Å². The van der Waals surface area contributed by atoms with Gasteiger partial charge in [0.1, 0.15) is 11.6 Å². The summed E-state index contributed by atoms with van der Waals surface area (Å²) in [6.07, 6.45) is 3.01. The Morgan fingerprint density at radius 2 is 2.16 bits per heavy atom. The quantitative estimate of drug-likeness (QED) is 0.679. The van der Waals surface area contributed by atoms with E-state index in [1.807, 2.05) is 6.26 Å². The Hall–Kier alpha value is -2.06. The first-order valence-electron chi connectivity index (χ1n) is 7.85. The van der Waals surface area contributed by atoms with Crippen molar-refractivity contribution in [2.24, 2.45) is 0 Å². The number of fused-ring (bicyclic) bond motifs is 1. The van der Waals surface area contributed by atoms with Crippen LogP contribution in [0.4, 0.5) is 0 Å². The lowest BCUT2D eigenvalue weighted by molar-refractivity contribution is -0.142. The molecule has 2 rings (SSSR count). The highest BCUT2D eigenvalue weighted by Gasteiger charge is 2.22. The molecule has 8 heteroatoms. The summed E-state index contributed by atoms with van der Waals surface area (Å²) in [4.78, 5) is 28.6. The van der Waals surface area contributed by atoms with Crippen molar-refractivity contribution in [1.29, 1.82) is 0 Å². The molecule has 1 atom stereocenters. The van der Waals surface area contributed by atoms with Gasteiger partial charge in [-0.2, -0.15) is 11.8 Å². The first kappa shape index (κ1) is 19.3. The Morgan fingerprint density at radius 3 is 2.84 bits per heavy atom. The number of nitrogens with zero attached hydrogens (tertiary/aromatic N) is 1. The van der Waals surface area contributed by atoms with E-state index in [1.54, 1.807) is 37.1 Å². The number of carbonyl (C=O) groups excluding carboxylic acids is 2. The number of benzene rings is 1. The van der Waals surface area contributed by atoms with E-state index in [2.05, 4.69) is 10.3 Å². The number of hydrogen-bond donors (Lipinski definition) is 1. The fourth-order valence-electron chi connectivity index (χ4n) is 2.28. The van der Waals surface area contributed by atoms with Crippen molar-refractivity contribution < 1.29 is 23.5 Å². The zero-order chi connectivity index (χ0) is 18.2. The zero-order valence-corrected chi connectivity index (χ0v) is 15.4. The summed E-state index contributed by atoms with van der Waals surface area (Å²) in [6, 6.07) is 4.33. The number of carbonyl (C=O) groups is 2. The third-order valence-electron chi connectivity index (χ3n) is 3.62. The molecule has 7 nitrogen and oxygen atoms in total. The van der Waals surface area contributed by atoms with Crippen LogP contribution < -0.4 is 5.32 Å². The second-order valence-electron chi connectivity index (χ2n) is 5.36. The molecule has 0 saturated heterocycles. The van der Waals surface area contributed by atoms with Crippen LogP contribution in [0.3, 0.4) is 0 Å². The first-order chi connectivity index (χ1) is 12.1. The highest BCUT2D eigenvalue weighted by molar-refractivity contribution is 7.98. The summed E-state index contributed by atoms with van der Waals surface area (Å²) >= 11 is 1.60. The van der Waals surface area contributed by atoms with Crippen molar-refractivity contribution in [1.82, 2.24) is 10.3 Å². The van der Waals surface area contributed by atoms with E-state index in [4.69, 9.17) is 13.9 Å².